The van der Waals surface area contributed by atoms with Crippen LogP contribution in [0.1, 0.15) is 95.8 Å². The molecule has 0 aliphatic carbocycles. The number of unbranched alkanes of at least 4 members (excludes halogenated alkanes) is 8. The molecule has 2 bridgehead atoms. The van der Waals surface area contributed by atoms with Crippen LogP contribution in [0.5, 0.6) is 0 Å². The Balaban J connectivity index is 1.18. The molecule has 256 valence electrons. The maximum atomic E-state index is 12.8. The molecule has 4 saturated heterocycles. The fourth-order valence-electron chi connectivity index (χ4n) is 7.25. The number of hydrogen-bond donors (Lipinski definition) is 1. The van der Waals surface area contributed by atoms with E-state index in [2.05, 4.69) is 16.4 Å². The first kappa shape index (κ1) is 36.0. The van der Waals surface area contributed by atoms with E-state index in [1.165, 1.54) is 115 Å². The number of aromatic nitrogens is 2. The Bertz CT molecular complexity index is 1250. The van der Waals surface area contributed by atoms with Crippen LogP contribution in [0.2, 0.25) is 0 Å². The molecule has 0 radical (unpaired) electrons. The SMILES string of the molecule is CCCCCCCCCC[N+]12CC[N+](CCCCC(=O)O[C@H]3C[C@@H](n4cc(C)c(=O)[nH]c4=O)O[C@@H]3COP(=O)([O-])[O-])(CC1)CC2. The summed E-state index contributed by atoms with van der Waals surface area (Å²) in [4.78, 5) is 61.3. The number of esters is 1. The molecule has 5 heterocycles. The van der Waals surface area contributed by atoms with Gasteiger partial charge in [-0.3, -0.25) is 19.1 Å². The summed E-state index contributed by atoms with van der Waals surface area (Å²) in [6.07, 6.45) is 11.1. The second kappa shape index (κ2) is 16.3. The van der Waals surface area contributed by atoms with Gasteiger partial charge >= 0.3 is 11.7 Å². The number of piperazine rings is 3. The van der Waals surface area contributed by atoms with Gasteiger partial charge in [0.15, 0.2) is 0 Å². The molecule has 3 atom stereocenters. The maximum absolute atomic E-state index is 12.8. The average molecular weight is 657 g/mol. The third-order valence-corrected chi connectivity index (χ3v) is 10.7. The lowest BCUT2D eigenvalue weighted by atomic mass is 10.0. The van der Waals surface area contributed by atoms with Gasteiger partial charge in [-0.25, -0.2) is 4.79 Å². The number of fused-ring (bicyclic) bond motifs is 3. The van der Waals surface area contributed by atoms with Gasteiger partial charge in [-0.2, -0.15) is 0 Å². The van der Waals surface area contributed by atoms with E-state index in [-0.39, 0.29) is 18.4 Å². The van der Waals surface area contributed by atoms with E-state index in [0.717, 1.165) is 22.0 Å². The molecule has 0 amide bonds. The Kier molecular flexibility index (Phi) is 13.0. The number of aromatic amines is 1. The second-order valence-corrected chi connectivity index (χ2v) is 14.7. The zero-order valence-corrected chi connectivity index (χ0v) is 28.0. The molecule has 1 N–H and O–H groups in total. The van der Waals surface area contributed by atoms with Crippen LogP contribution in [0, 0.1) is 6.92 Å². The number of carbonyl (C=O) groups is 1. The van der Waals surface area contributed by atoms with Gasteiger partial charge in [-0.1, -0.05) is 45.4 Å². The summed E-state index contributed by atoms with van der Waals surface area (Å²) in [6.45, 7) is 12.9. The minimum atomic E-state index is -5.29. The van der Waals surface area contributed by atoms with Crippen molar-refractivity contribution in [1.82, 2.24) is 9.55 Å². The van der Waals surface area contributed by atoms with Crippen molar-refractivity contribution < 1.29 is 42.1 Å². The third kappa shape index (κ3) is 10.6. The third-order valence-electron chi connectivity index (χ3n) is 10.2. The minimum Gasteiger partial charge on any atom is -0.790 e. The fraction of sp³-hybridized carbons (Fsp3) is 0.839. The maximum Gasteiger partial charge on any atom is 0.330 e. The standard InChI is InChI=1S/C31H53N4O9P/c1-3-4-5-6-7-8-9-11-14-34-16-19-35(20-17-34,21-18-34)15-12-10-13-29(36)44-26-22-28(43-27(26)24-42-45(39,40)41)33-23-25(2)30(37)32-31(33)38/h23,26-28H,3-22,24H2,1-2H3,(H-2,32,37,38,39,40,41)/t26-,27+,28-,34?,35?/m0/s1. The lowest BCUT2D eigenvalue weighted by molar-refractivity contribution is -1.08. The summed E-state index contributed by atoms with van der Waals surface area (Å²) < 4.78 is 30.5. The Morgan fingerprint density at radius 3 is 2.09 bits per heavy atom. The molecular formula is C31H53N4O9P. The van der Waals surface area contributed by atoms with Gasteiger partial charge in [0.1, 0.15) is 57.7 Å². The molecule has 14 heteroatoms. The van der Waals surface area contributed by atoms with Crippen LogP contribution in [0.4, 0.5) is 0 Å². The van der Waals surface area contributed by atoms with E-state index < -0.39 is 50.1 Å². The van der Waals surface area contributed by atoms with E-state index >= 15 is 0 Å². The summed E-state index contributed by atoms with van der Waals surface area (Å²) in [7, 11) is -5.29. The highest BCUT2D eigenvalue weighted by atomic mass is 31.2. The molecule has 4 fully saturated rings. The quantitative estimate of drug-likeness (QED) is 0.101. The molecule has 0 aromatic carbocycles. The molecule has 0 saturated carbocycles. The number of phosphoric acid groups is 1. The van der Waals surface area contributed by atoms with E-state index in [4.69, 9.17) is 9.47 Å². The highest BCUT2D eigenvalue weighted by Gasteiger charge is 2.48. The zero-order chi connectivity index (χ0) is 32.5. The Labute approximate surface area is 266 Å². The molecule has 45 heavy (non-hydrogen) atoms. The number of carbonyl (C=O) groups excluding carboxylic acids is 1. The van der Waals surface area contributed by atoms with Crippen LogP contribution in [-0.4, -0.2) is 95.7 Å². The average Bonchev–Trinajstić information content (AvgIpc) is 3.40. The summed E-state index contributed by atoms with van der Waals surface area (Å²) in [6, 6.07) is 0. The molecule has 4 aliphatic rings. The molecule has 13 nitrogen and oxygen atoms in total. The van der Waals surface area contributed by atoms with Crippen molar-refractivity contribution in [2.75, 3.05) is 59.0 Å². The highest BCUT2D eigenvalue weighted by Crippen LogP contribution is 2.34. The molecule has 4 aliphatic heterocycles. The Hall–Kier alpha value is -1.86. The van der Waals surface area contributed by atoms with Gasteiger partial charge in [0, 0.05) is 24.6 Å². The number of phosphoric ester groups is 1. The Morgan fingerprint density at radius 1 is 0.956 bits per heavy atom. The molecule has 0 spiro atoms. The van der Waals surface area contributed by atoms with Gasteiger partial charge in [-0.05, 0) is 32.6 Å². The monoisotopic (exact) mass is 656 g/mol. The van der Waals surface area contributed by atoms with Crippen LogP contribution >= 0.6 is 7.82 Å². The molecular weight excluding hydrogens is 603 g/mol. The smallest absolute Gasteiger partial charge is 0.330 e. The van der Waals surface area contributed by atoms with E-state index in [1.807, 2.05) is 0 Å². The fourth-order valence-corrected chi connectivity index (χ4v) is 7.58. The van der Waals surface area contributed by atoms with Crippen molar-refractivity contribution in [2.24, 2.45) is 0 Å². The molecule has 1 aromatic rings. The van der Waals surface area contributed by atoms with Crippen molar-refractivity contribution in [3.63, 3.8) is 0 Å². The van der Waals surface area contributed by atoms with Gasteiger partial charge in [0.25, 0.3) is 5.56 Å². The second-order valence-electron chi connectivity index (χ2n) is 13.5. The number of aryl methyl sites for hydroxylation is 1. The summed E-state index contributed by atoms with van der Waals surface area (Å²) in [5.74, 6) is -0.454. The van der Waals surface area contributed by atoms with Crippen molar-refractivity contribution >= 4 is 13.8 Å². The van der Waals surface area contributed by atoms with E-state index in [9.17, 15) is 28.7 Å². The van der Waals surface area contributed by atoms with Crippen LogP contribution in [0.25, 0.3) is 0 Å². The normalized spacial score (nSPS) is 28.0. The van der Waals surface area contributed by atoms with Crippen LogP contribution in [-0.2, 0) is 23.4 Å². The number of ether oxygens (including phenoxy) is 2. The summed E-state index contributed by atoms with van der Waals surface area (Å²) in [5, 5.41) is 0. The van der Waals surface area contributed by atoms with Crippen molar-refractivity contribution in [2.45, 2.75) is 109 Å². The molecule has 5 rings (SSSR count). The largest absolute Gasteiger partial charge is 0.790 e. The first-order valence-corrected chi connectivity index (χ1v) is 18.4. The van der Waals surface area contributed by atoms with Crippen molar-refractivity contribution in [3.8, 4) is 0 Å². The lowest BCUT2D eigenvalue weighted by Crippen LogP contribution is -2.75. The first-order valence-electron chi connectivity index (χ1n) is 17.0. The van der Waals surface area contributed by atoms with Gasteiger partial charge in [-0.15, -0.1) is 0 Å². The number of nitrogens with zero attached hydrogens (tertiary/aromatic N) is 3. The zero-order valence-electron chi connectivity index (χ0n) is 27.1. The van der Waals surface area contributed by atoms with Crippen LogP contribution in [0.15, 0.2) is 15.8 Å². The lowest BCUT2D eigenvalue weighted by Gasteiger charge is -2.55. The summed E-state index contributed by atoms with van der Waals surface area (Å²) >= 11 is 0. The number of rotatable bonds is 19. The predicted molar refractivity (Wildman–Crippen MR) is 164 cm³/mol. The van der Waals surface area contributed by atoms with Crippen LogP contribution < -0.4 is 21.0 Å². The first-order chi connectivity index (χ1) is 21.4. The number of quaternary nitrogens is 2. The van der Waals surface area contributed by atoms with E-state index in [0.29, 0.717) is 6.42 Å². The topological polar surface area (TPSA) is 163 Å². The number of H-pyrrole nitrogens is 1. The number of nitrogens with one attached hydrogen (secondary N) is 1. The number of hydrogen-bond acceptors (Lipinski definition) is 9. The van der Waals surface area contributed by atoms with Crippen LogP contribution in [0.3, 0.4) is 0 Å². The predicted octanol–water partition coefficient (Wildman–Crippen LogP) is 1.86. The molecule has 0 unspecified atom stereocenters. The van der Waals surface area contributed by atoms with Gasteiger partial charge in [0.05, 0.1) is 27.5 Å². The molecule has 1 aromatic heterocycles. The van der Waals surface area contributed by atoms with Crippen molar-refractivity contribution in [1.29, 1.82) is 0 Å². The minimum absolute atomic E-state index is 0.0339. The highest BCUT2D eigenvalue weighted by molar-refractivity contribution is 7.43. The van der Waals surface area contributed by atoms with Crippen molar-refractivity contribution in [3.05, 3.63) is 32.6 Å². The summed E-state index contributed by atoms with van der Waals surface area (Å²) in [5.41, 5.74) is -0.975. The van der Waals surface area contributed by atoms with Gasteiger partial charge < -0.3 is 37.3 Å². The van der Waals surface area contributed by atoms with E-state index in [1.54, 1.807) is 0 Å². The Morgan fingerprint density at radius 2 is 1.51 bits per heavy atom. The van der Waals surface area contributed by atoms with Gasteiger partial charge in [0.2, 0.25) is 0 Å².